The molecule has 0 bridgehead atoms. The van der Waals surface area contributed by atoms with E-state index in [2.05, 4.69) is 29.0 Å². The van der Waals surface area contributed by atoms with Crippen molar-refractivity contribution in [2.24, 2.45) is 5.41 Å². The predicted octanol–water partition coefficient (Wildman–Crippen LogP) is 7.50. The van der Waals surface area contributed by atoms with E-state index in [0.717, 1.165) is 31.1 Å². The molecule has 9 heteroatoms. The molecule has 3 heterocycles. The Hall–Kier alpha value is -2.16. The van der Waals surface area contributed by atoms with Gasteiger partial charge in [-0.1, -0.05) is 24.4 Å². The van der Waals surface area contributed by atoms with Crippen LogP contribution in [0.3, 0.4) is 0 Å². The van der Waals surface area contributed by atoms with Crippen LogP contribution < -0.4 is 10.9 Å². The van der Waals surface area contributed by atoms with Crippen molar-refractivity contribution in [2.45, 2.75) is 94.4 Å². The molecule has 1 N–H and O–H groups in total. The van der Waals surface area contributed by atoms with E-state index >= 15 is 4.39 Å². The number of rotatable bonds is 6. The van der Waals surface area contributed by atoms with Gasteiger partial charge in [0.25, 0.3) is 5.56 Å². The molecule has 1 saturated heterocycles. The Balaban J connectivity index is 1.17. The number of anilines is 2. The first-order valence-corrected chi connectivity index (χ1v) is 15.5. The Morgan fingerprint density at radius 3 is 2.59 bits per heavy atom. The summed E-state index contributed by atoms with van der Waals surface area (Å²) in [6.07, 6.45) is 10.6. The number of nitrogens with zero attached hydrogens (tertiary/aromatic N) is 4. The molecule has 1 aromatic carbocycles. The van der Waals surface area contributed by atoms with Crippen LogP contribution in [0, 0.1) is 18.2 Å². The quantitative estimate of drug-likeness (QED) is 0.332. The number of benzene rings is 1. The molecule has 208 valence electrons. The van der Waals surface area contributed by atoms with Gasteiger partial charge in [0, 0.05) is 45.1 Å². The topological polar surface area (TPSA) is 63.1 Å². The number of nitrogens with one attached hydrogen (secondary N) is 1. The van der Waals surface area contributed by atoms with Gasteiger partial charge in [-0.05, 0) is 96.0 Å². The smallest absolute Gasteiger partial charge is 0.271 e. The van der Waals surface area contributed by atoms with E-state index in [4.69, 9.17) is 16.6 Å². The molecule has 2 aromatic heterocycles. The van der Waals surface area contributed by atoms with E-state index in [1.807, 2.05) is 12.1 Å². The first kappa shape index (κ1) is 27.0. The highest BCUT2D eigenvalue weighted by molar-refractivity contribution is 8.00. The van der Waals surface area contributed by atoms with Crippen LogP contribution in [0.1, 0.15) is 76.8 Å². The van der Waals surface area contributed by atoms with Gasteiger partial charge in [-0.15, -0.1) is 11.8 Å². The number of likely N-dealkylation sites (tertiary alicyclic amines) is 1. The number of fused-ring (bicyclic) bond motifs is 1. The highest BCUT2D eigenvalue weighted by Gasteiger charge is 2.46. The summed E-state index contributed by atoms with van der Waals surface area (Å²) in [4.78, 5) is 25.3. The number of hydrogen-bond donors (Lipinski definition) is 1. The molecule has 0 amide bonds. The van der Waals surface area contributed by atoms with Crippen LogP contribution in [0.25, 0.3) is 11.0 Å². The fourth-order valence-corrected chi connectivity index (χ4v) is 8.59. The SMILES string of the molecule is Cc1c(Nc2ncc3cc(Cl)c(=O)n(C4CCCC4)c3n2)ccc(SC2CC3(CCN(C(C)C)CC3)C2)c1F. The third kappa shape index (κ3) is 5.20. The molecule has 6 rings (SSSR count). The average molecular weight is 570 g/mol. The van der Waals surface area contributed by atoms with Crippen molar-refractivity contribution in [2.75, 3.05) is 18.4 Å². The van der Waals surface area contributed by atoms with E-state index in [9.17, 15) is 4.79 Å². The number of thioether (sulfide) groups is 1. The number of piperidine rings is 1. The second-order valence-electron chi connectivity index (χ2n) is 12.0. The van der Waals surface area contributed by atoms with Gasteiger partial charge >= 0.3 is 0 Å². The van der Waals surface area contributed by atoms with Gasteiger partial charge in [-0.3, -0.25) is 9.36 Å². The predicted molar refractivity (Wildman–Crippen MR) is 158 cm³/mol. The molecule has 0 radical (unpaired) electrons. The molecule has 2 aliphatic carbocycles. The van der Waals surface area contributed by atoms with Gasteiger partial charge in [0.2, 0.25) is 5.95 Å². The van der Waals surface area contributed by atoms with Crippen LogP contribution in [0.2, 0.25) is 5.02 Å². The number of halogens is 2. The summed E-state index contributed by atoms with van der Waals surface area (Å²) < 4.78 is 17.2. The highest BCUT2D eigenvalue weighted by atomic mass is 35.5. The van der Waals surface area contributed by atoms with Gasteiger partial charge in [0.1, 0.15) is 16.5 Å². The lowest BCUT2D eigenvalue weighted by Crippen LogP contribution is -2.49. The van der Waals surface area contributed by atoms with Crippen molar-refractivity contribution < 1.29 is 4.39 Å². The number of aromatic nitrogens is 3. The molecule has 3 fully saturated rings. The molecular weight excluding hydrogens is 533 g/mol. The highest BCUT2D eigenvalue weighted by Crippen LogP contribution is 2.55. The van der Waals surface area contributed by atoms with Gasteiger partial charge in [-0.25, -0.2) is 9.37 Å². The summed E-state index contributed by atoms with van der Waals surface area (Å²) >= 11 is 7.94. The van der Waals surface area contributed by atoms with Crippen LogP contribution >= 0.6 is 23.4 Å². The Morgan fingerprint density at radius 1 is 1.18 bits per heavy atom. The normalized spacial score (nSPS) is 20.3. The Morgan fingerprint density at radius 2 is 1.90 bits per heavy atom. The fraction of sp³-hybridized carbons (Fsp3) is 0.567. The Labute approximate surface area is 238 Å². The standard InChI is InChI=1S/C30H37ClFN5OS/c1-18(2)36-12-10-30(11-13-36)15-22(16-30)39-25-9-8-24(19(3)26(25)32)34-29-33-17-20-14-23(31)28(38)37(27(20)35-29)21-6-4-5-7-21/h8-9,14,17-18,21-22H,4-7,10-13,15-16H2,1-3H3,(H,33,34,35). The van der Waals surface area contributed by atoms with Crippen LogP contribution in [-0.4, -0.2) is 43.8 Å². The van der Waals surface area contributed by atoms with Crippen LogP contribution in [0.15, 0.2) is 34.1 Å². The summed E-state index contributed by atoms with van der Waals surface area (Å²) in [5, 5.41) is 4.58. The van der Waals surface area contributed by atoms with Gasteiger partial charge < -0.3 is 10.2 Å². The van der Waals surface area contributed by atoms with Gasteiger partial charge in [0.05, 0.1) is 0 Å². The van der Waals surface area contributed by atoms with E-state index in [1.165, 1.54) is 38.8 Å². The first-order valence-electron chi connectivity index (χ1n) is 14.3. The molecule has 2 saturated carbocycles. The van der Waals surface area contributed by atoms with Crippen molar-refractivity contribution in [3.8, 4) is 0 Å². The lowest BCUT2D eigenvalue weighted by Gasteiger charge is -2.52. The molecular formula is C30H37ClFN5OS. The van der Waals surface area contributed by atoms with Gasteiger partial charge in [0.15, 0.2) is 0 Å². The Kier molecular flexibility index (Phi) is 7.40. The molecule has 1 spiro atoms. The second kappa shape index (κ2) is 10.7. The summed E-state index contributed by atoms with van der Waals surface area (Å²) in [5.74, 6) is 0.156. The third-order valence-corrected chi connectivity index (χ3v) is 10.7. The molecule has 6 nitrogen and oxygen atoms in total. The number of pyridine rings is 1. The molecule has 3 aliphatic rings. The van der Waals surface area contributed by atoms with E-state index in [1.54, 1.807) is 35.5 Å². The van der Waals surface area contributed by atoms with Crippen molar-refractivity contribution in [1.29, 1.82) is 0 Å². The van der Waals surface area contributed by atoms with Crippen molar-refractivity contribution in [1.82, 2.24) is 19.4 Å². The average Bonchev–Trinajstić information content (AvgIpc) is 3.43. The minimum Gasteiger partial charge on any atom is -0.324 e. The first-order chi connectivity index (χ1) is 18.7. The maximum atomic E-state index is 15.5. The van der Waals surface area contributed by atoms with E-state index < -0.39 is 0 Å². The van der Waals surface area contributed by atoms with Crippen molar-refractivity contribution >= 4 is 46.0 Å². The summed E-state index contributed by atoms with van der Waals surface area (Å²) in [5.41, 5.74) is 2.00. The lowest BCUT2D eigenvalue weighted by atomic mass is 9.63. The zero-order valence-corrected chi connectivity index (χ0v) is 24.5. The largest absolute Gasteiger partial charge is 0.324 e. The minimum absolute atomic E-state index is 0.0883. The van der Waals surface area contributed by atoms with Crippen LogP contribution in [0.5, 0.6) is 0 Å². The van der Waals surface area contributed by atoms with Crippen molar-refractivity contribution in [3.63, 3.8) is 0 Å². The number of hydrogen-bond acceptors (Lipinski definition) is 6. The molecule has 1 aliphatic heterocycles. The third-order valence-electron chi connectivity index (χ3n) is 9.22. The second-order valence-corrected chi connectivity index (χ2v) is 13.8. The molecule has 0 unspecified atom stereocenters. The summed E-state index contributed by atoms with van der Waals surface area (Å²) in [6, 6.07) is 6.12. The summed E-state index contributed by atoms with van der Waals surface area (Å²) in [7, 11) is 0. The van der Waals surface area contributed by atoms with Crippen molar-refractivity contribution in [3.05, 3.63) is 51.2 Å². The lowest BCUT2D eigenvalue weighted by molar-refractivity contribution is 0.0267. The zero-order chi connectivity index (χ0) is 27.3. The molecule has 3 aromatic rings. The van der Waals surface area contributed by atoms with Crippen LogP contribution in [0.4, 0.5) is 16.0 Å². The van der Waals surface area contributed by atoms with E-state index in [0.29, 0.717) is 44.4 Å². The van der Waals surface area contributed by atoms with Gasteiger partial charge in [-0.2, -0.15) is 4.98 Å². The zero-order valence-electron chi connectivity index (χ0n) is 23.0. The molecule has 0 atom stereocenters. The monoisotopic (exact) mass is 569 g/mol. The molecule has 39 heavy (non-hydrogen) atoms. The minimum atomic E-state index is -0.215. The maximum Gasteiger partial charge on any atom is 0.271 e. The Bertz CT molecular complexity index is 1440. The maximum absolute atomic E-state index is 15.5. The van der Waals surface area contributed by atoms with E-state index in [-0.39, 0.29) is 22.4 Å². The van der Waals surface area contributed by atoms with Crippen LogP contribution in [-0.2, 0) is 0 Å². The summed E-state index contributed by atoms with van der Waals surface area (Å²) in [6.45, 7) is 8.71. The fourth-order valence-electron chi connectivity index (χ4n) is 6.75.